The predicted molar refractivity (Wildman–Crippen MR) is 97.4 cm³/mol. The number of nitriles is 1. The van der Waals surface area contributed by atoms with Crippen LogP contribution in [0.2, 0.25) is 0 Å². The van der Waals surface area contributed by atoms with Crippen molar-refractivity contribution in [2.45, 2.75) is 26.2 Å². The lowest BCUT2D eigenvalue weighted by Crippen LogP contribution is -2.12. The maximum absolute atomic E-state index is 12.2. The molecule has 0 spiro atoms. The monoisotopic (exact) mass is 335 g/mol. The van der Waals surface area contributed by atoms with Crippen LogP contribution in [0.3, 0.4) is 0 Å². The van der Waals surface area contributed by atoms with E-state index in [0.29, 0.717) is 11.5 Å². The number of hydrogen-bond donors (Lipinski definition) is 0. The van der Waals surface area contributed by atoms with Crippen LogP contribution in [0.1, 0.15) is 31.9 Å². The second-order valence-electron chi connectivity index (χ2n) is 6.61. The van der Waals surface area contributed by atoms with Crippen molar-refractivity contribution in [3.8, 4) is 17.6 Å². The average Bonchev–Trinajstić information content (AvgIpc) is 2.59. The molecule has 0 aromatic heterocycles. The molecule has 25 heavy (non-hydrogen) atoms. The zero-order chi connectivity index (χ0) is 18.4. The maximum atomic E-state index is 12.2. The third kappa shape index (κ3) is 4.95. The van der Waals surface area contributed by atoms with Gasteiger partial charge in [0.2, 0.25) is 0 Å². The van der Waals surface area contributed by atoms with E-state index in [-0.39, 0.29) is 11.0 Å². The van der Waals surface area contributed by atoms with Gasteiger partial charge in [-0.15, -0.1) is 0 Å². The molecule has 0 N–H and O–H groups in total. The lowest BCUT2D eigenvalue weighted by atomic mass is 9.87. The summed E-state index contributed by atoms with van der Waals surface area (Å²) in [6.45, 7) is 6.33. The highest BCUT2D eigenvalue weighted by Gasteiger charge is 2.15. The third-order valence-corrected chi connectivity index (χ3v) is 3.70. The Morgan fingerprint density at radius 3 is 2.04 bits per heavy atom. The fraction of sp³-hybridized carbons (Fsp3) is 0.238. The van der Waals surface area contributed by atoms with Crippen LogP contribution < -0.4 is 9.47 Å². The molecule has 0 saturated carbocycles. The SMILES string of the molecule is COc1ccc(/C=C(\C#N)C(=O)Oc2ccc(C(C)(C)C)cc2)cc1. The number of benzene rings is 2. The molecule has 0 aliphatic carbocycles. The smallest absolute Gasteiger partial charge is 0.354 e. The van der Waals surface area contributed by atoms with E-state index in [0.717, 1.165) is 11.1 Å². The Kier molecular flexibility index (Phi) is 5.61. The summed E-state index contributed by atoms with van der Waals surface area (Å²) in [5.74, 6) is 0.438. The van der Waals surface area contributed by atoms with Gasteiger partial charge in [0, 0.05) is 0 Å². The molecule has 0 unspecified atom stereocenters. The van der Waals surface area contributed by atoms with Gasteiger partial charge in [-0.2, -0.15) is 5.26 Å². The molecule has 0 aliphatic heterocycles. The Morgan fingerprint density at radius 2 is 1.56 bits per heavy atom. The van der Waals surface area contributed by atoms with E-state index >= 15 is 0 Å². The highest BCUT2D eigenvalue weighted by Crippen LogP contribution is 2.24. The van der Waals surface area contributed by atoms with Crippen LogP contribution >= 0.6 is 0 Å². The number of methoxy groups -OCH3 is 1. The van der Waals surface area contributed by atoms with E-state index in [1.54, 1.807) is 43.5 Å². The molecular formula is C21H21NO3. The molecule has 0 amide bonds. The Labute approximate surface area is 148 Å². The van der Waals surface area contributed by atoms with E-state index in [1.165, 1.54) is 6.08 Å². The van der Waals surface area contributed by atoms with E-state index in [1.807, 2.05) is 18.2 Å². The number of nitrogens with zero attached hydrogens (tertiary/aromatic N) is 1. The molecule has 0 bridgehead atoms. The maximum Gasteiger partial charge on any atom is 0.354 e. The second-order valence-corrected chi connectivity index (χ2v) is 6.61. The molecule has 0 fully saturated rings. The van der Waals surface area contributed by atoms with Crippen LogP contribution in [0.25, 0.3) is 6.08 Å². The summed E-state index contributed by atoms with van der Waals surface area (Å²) < 4.78 is 10.4. The first-order chi connectivity index (χ1) is 11.8. The third-order valence-electron chi connectivity index (χ3n) is 3.70. The van der Waals surface area contributed by atoms with Crippen molar-refractivity contribution in [3.05, 3.63) is 65.2 Å². The Bertz CT molecular complexity index is 804. The van der Waals surface area contributed by atoms with Gasteiger partial charge in [-0.1, -0.05) is 45.0 Å². The zero-order valence-corrected chi connectivity index (χ0v) is 14.9. The van der Waals surface area contributed by atoms with E-state index in [4.69, 9.17) is 9.47 Å². The van der Waals surface area contributed by atoms with E-state index < -0.39 is 5.97 Å². The van der Waals surface area contributed by atoms with Crippen molar-refractivity contribution >= 4 is 12.0 Å². The van der Waals surface area contributed by atoms with Crippen molar-refractivity contribution in [1.82, 2.24) is 0 Å². The molecule has 0 radical (unpaired) electrons. The minimum atomic E-state index is -0.679. The number of hydrogen-bond acceptors (Lipinski definition) is 4. The standard InChI is InChI=1S/C21H21NO3/c1-21(2,3)17-7-11-19(12-8-17)25-20(23)16(14-22)13-15-5-9-18(24-4)10-6-15/h5-13H,1-4H3/b16-13+. The summed E-state index contributed by atoms with van der Waals surface area (Å²) in [6.07, 6.45) is 1.49. The lowest BCUT2D eigenvalue weighted by molar-refractivity contribution is -0.129. The summed E-state index contributed by atoms with van der Waals surface area (Å²) >= 11 is 0. The topological polar surface area (TPSA) is 59.3 Å². The average molecular weight is 335 g/mol. The van der Waals surface area contributed by atoms with Gasteiger partial charge in [0.15, 0.2) is 0 Å². The van der Waals surface area contributed by atoms with Gasteiger partial charge in [0.1, 0.15) is 23.1 Å². The molecule has 4 nitrogen and oxygen atoms in total. The van der Waals surface area contributed by atoms with E-state index in [2.05, 4.69) is 20.8 Å². The Balaban J connectivity index is 2.14. The Hall–Kier alpha value is -3.06. The van der Waals surface area contributed by atoms with Gasteiger partial charge in [0.05, 0.1) is 7.11 Å². The molecule has 0 saturated heterocycles. The van der Waals surface area contributed by atoms with Gasteiger partial charge >= 0.3 is 5.97 Å². The van der Waals surface area contributed by atoms with Crippen LogP contribution in [-0.4, -0.2) is 13.1 Å². The first-order valence-electron chi connectivity index (χ1n) is 7.92. The number of carbonyl (C=O) groups excluding carboxylic acids is 1. The molecule has 4 heteroatoms. The van der Waals surface area contributed by atoms with Crippen LogP contribution in [-0.2, 0) is 10.2 Å². The van der Waals surface area contributed by atoms with Crippen molar-refractivity contribution in [2.75, 3.05) is 7.11 Å². The van der Waals surface area contributed by atoms with Gasteiger partial charge in [-0.25, -0.2) is 4.79 Å². The molecule has 2 aromatic carbocycles. The fourth-order valence-corrected chi connectivity index (χ4v) is 2.19. The number of esters is 1. The van der Waals surface area contributed by atoms with Gasteiger partial charge in [0.25, 0.3) is 0 Å². The first kappa shape index (κ1) is 18.3. The van der Waals surface area contributed by atoms with Gasteiger partial charge in [-0.05, 0) is 46.9 Å². The molecule has 0 heterocycles. The number of rotatable bonds is 4. The van der Waals surface area contributed by atoms with Crippen molar-refractivity contribution in [1.29, 1.82) is 5.26 Å². The molecule has 0 aliphatic rings. The normalized spacial score (nSPS) is 11.6. The summed E-state index contributed by atoms with van der Waals surface area (Å²) in [5, 5.41) is 9.24. The summed E-state index contributed by atoms with van der Waals surface area (Å²) in [6, 6.07) is 16.3. The predicted octanol–water partition coefficient (Wildman–Crippen LogP) is 4.51. The summed E-state index contributed by atoms with van der Waals surface area (Å²) in [7, 11) is 1.58. The van der Waals surface area contributed by atoms with Crippen molar-refractivity contribution in [2.24, 2.45) is 0 Å². The zero-order valence-electron chi connectivity index (χ0n) is 14.9. The highest BCUT2D eigenvalue weighted by molar-refractivity contribution is 5.99. The number of carbonyl (C=O) groups is 1. The molecule has 2 rings (SSSR count). The van der Waals surface area contributed by atoms with Crippen molar-refractivity contribution < 1.29 is 14.3 Å². The summed E-state index contributed by atoms with van der Waals surface area (Å²) in [5.41, 5.74) is 1.82. The van der Waals surface area contributed by atoms with Gasteiger partial charge < -0.3 is 9.47 Å². The molecular weight excluding hydrogens is 314 g/mol. The largest absolute Gasteiger partial charge is 0.497 e. The lowest BCUT2D eigenvalue weighted by Gasteiger charge is -2.18. The molecule has 128 valence electrons. The van der Waals surface area contributed by atoms with Gasteiger partial charge in [-0.3, -0.25) is 0 Å². The fourth-order valence-electron chi connectivity index (χ4n) is 2.19. The highest BCUT2D eigenvalue weighted by atomic mass is 16.5. The van der Waals surface area contributed by atoms with E-state index in [9.17, 15) is 10.1 Å². The quantitative estimate of drug-likeness (QED) is 0.357. The second kappa shape index (κ2) is 7.67. The molecule has 2 aromatic rings. The van der Waals surface area contributed by atoms with Crippen molar-refractivity contribution in [3.63, 3.8) is 0 Å². The number of ether oxygens (including phenoxy) is 2. The first-order valence-corrected chi connectivity index (χ1v) is 7.92. The van der Waals surface area contributed by atoms with Crippen LogP contribution in [0, 0.1) is 11.3 Å². The minimum Gasteiger partial charge on any atom is -0.497 e. The van der Waals surface area contributed by atoms with Crippen LogP contribution in [0.5, 0.6) is 11.5 Å². The molecule has 0 atom stereocenters. The van der Waals surface area contributed by atoms with Crippen LogP contribution in [0.15, 0.2) is 54.1 Å². The van der Waals surface area contributed by atoms with Crippen LogP contribution in [0.4, 0.5) is 0 Å². The Morgan fingerprint density at radius 1 is 1.00 bits per heavy atom. The summed E-state index contributed by atoms with van der Waals surface area (Å²) in [4.78, 5) is 12.2. The minimum absolute atomic E-state index is 0.0224.